The van der Waals surface area contributed by atoms with E-state index in [1.807, 2.05) is 20.8 Å². The number of anilines is 4. The van der Waals surface area contributed by atoms with Crippen LogP contribution in [-0.4, -0.2) is 17.0 Å². The van der Waals surface area contributed by atoms with Gasteiger partial charge in [-0.05, 0) is 54.8 Å². The van der Waals surface area contributed by atoms with Gasteiger partial charge in [0.1, 0.15) is 34.5 Å². The molecule has 0 saturated heterocycles. The molecule has 11 heteroatoms. The minimum Gasteiger partial charge on any atom is -0.478 e. The molecule has 1 aliphatic heterocycles. The molecule has 2 heterocycles. The third kappa shape index (κ3) is 4.42. The second-order valence-corrected chi connectivity index (χ2v) is 10.7. The second kappa shape index (κ2) is 9.44. The van der Waals surface area contributed by atoms with Crippen LogP contribution in [0.1, 0.15) is 64.6 Å². The lowest BCUT2D eigenvalue weighted by Gasteiger charge is -2.31. The highest BCUT2D eigenvalue weighted by Crippen LogP contribution is 2.40. The average molecular weight is 550 g/mol. The van der Waals surface area contributed by atoms with Crippen molar-refractivity contribution < 1.29 is 27.9 Å². The van der Waals surface area contributed by atoms with Gasteiger partial charge in [-0.2, -0.15) is 0 Å². The Balaban J connectivity index is 1.51. The van der Waals surface area contributed by atoms with Gasteiger partial charge in [0.25, 0.3) is 16.8 Å². The maximum atomic E-state index is 14.9. The standard InChI is InChI=1S/C29H25F2N3O6/c1-13-5-10-20(40-13)26(29(2,3)4)33-23-22(24(35)25(23)36)32-18-8-7-17(31)16-12-34(27(37)21(16)18)19-9-6-14(30)11-15(19)28(38)39/h5-11,26,32-33H,12H2,1-4H3,(H,38,39)/t26-/m0/s1. The first-order valence-electron chi connectivity index (χ1n) is 12.4. The Labute approximate surface area is 226 Å². The number of carboxylic acids is 1. The highest BCUT2D eigenvalue weighted by atomic mass is 19.1. The second-order valence-electron chi connectivity index (χ2n) is 10.7. The van der Waals surface area contributed by atoms with E-state index in [0.29, 0.717) is 11.5 Å². The number of rotatable bonds is 7. The number of furan rings is 1. The van der Waals surface area contributed by atoms with E-state index < -0.39 is 51.4 Å². The van der Waals surface area contributed by atoms with E-state index in [1.165, 1.54) is 6.07 Å². The van der Waals surface area contributed by atoms with Crippen molar-refractivity contribution in [2.24, 2.45) is 5.41 Å². The SMILES string of the molecule is Cc1ccc([C@H](Nc2c(Nc3ccc(F)c4c3C(=O)N(c3ccc(F)cc3C(=O)O)C4)c(=O)c2=O)C(C)(C)C)o1. The van der Waals surface area contributed by atoms with Gasteiger partial charge in [-0.15, -0.1) is 0 Å². The van der Waals surface area contributed by atoms with Gasteiger partial charge in [0, 0.05) is 5.56 Å². The van der Waals surface area contributed by atoms with E-state index in [9.17, 15) is 33.1 Å². The molecule has 1 atom stereocenters. The van der Waals surface area contributed by atoms with Crippen LogP contribution in [0.2, 0.25) is 0 Å². The maximum Gasteiger partial charge on any atom is 0.337 e. The quantitative estimate of drug-likeness (QED) is 0.266. The molecule has 0 saturated carbocycles. The van der Waals surface area contributed by atoms with Crippen LogP contribution in [0.25, 0.3) is 0 Å². The van der Waals surface area contributed by atoms with E-state index in [1.54, 1.807) is 19.1 Å². The molecule has 9 nitrogen and oxygen atoms in total. The Kier molecular flexibility index (Phi) is 6.32. The number of hydrogen-bond acceptors (Lipinski definition) is 7. The summed E-state index contributed by atoms with van der Waals surface area (Å²) in [5.41, 5.74) is -2.82. The number of benzene rings is 2. The average Bonchev–Trinajstić information content (AvgIpc) is 3.47. The molecule has 3 aromatic carbocycles. The Bertz CT molecular complexity index is 1760. The number of carbonyl (C=O) groups is 2. The van der Waals surface area contributed by atoms with Crippen molar-refractivity contribution >= 4 is 34.6 Å². The molecule has 0 spiro atoms. The van der Waals surface area contributed by atoms with Gasteiger partial charge in [0.05, 0.1) is 35.1 Å². The fraction of sp³-hybridized carbons (Fsp3) is 0.241. The summed E-state index contributed by atoms with van der Waals surface area (Å²) in [6, 6.07) is 8.34. The topological polar surface area (TPSA) is 129 Å². The molecule has 1 aromatic heterocycles. The Morgan fingerprint density at radius 2 is 1.73 bits per heavy atom. The van der Waals surface area contributed by atoms with Gasteiger partial charge in [0.15, 0.2) is 0 Å². The molecule has 4 aromatic rings. The lowest BCUT2D eigenvalue weighted by Crippen LogP contribution is -2.39. The normalized spacial score (nSPS) is 13.9. The van der Waals surface area contributed by atoms with Crippen LogP contribution in [0.4, 0.5) is 31.5 Å². The summed E-state index contributed by atoms with van der Waals surface area (Å²) in [5.74, 6) is -2.51. The molecule has 0 fully saturated rings. The predicted molar refractivity (Wildman–Crippen MR) is 144 cm³/mol. The number of hydrogen-bond donors (Lipinski definition) is 3. The van der Waals surface area contributed by atoms with Gasteiger partial charge in [0.2, 0.25) is 0 Å². The number of nitrogens with one attached hydrogen (secondary N) is 2. The predicted octanol–water partition coefficient (Wildman–Crippen LogP) is 5.26. The number of carboxylic acid groups (broad SMARTS) is 1. The van der Waals surface area contributed by atoms with Crippen molar-refractivity contribution in [3.63, 3.8) is 0 Å². The van der Waals surface area contributed by atoms with Crippen LogP contribution in [-0.2, 0) is 6.54 Å². The summed E-state index contributed by atoms with van der Waals surface area (Å²) < 4.78 is 34.4. The molecular weight excluding hydrogens is 524 g/mol. The molecule has 0 bridgehead atoms. The summed E-state index contributed by atoms with van der Waals surface area (Å²) >= 11 is 0. The summed E-state index contributed by atoms with van der Waals surface area (Å²) in [5, 5.41) is 15.5. The maximum absolute atomic E-state index is 14.9. The van der Waals surface area contributed by atoms with Gasteiger partial charge in [-0.3, -0.25) is 14.4 Å². The van der Waals surface area contributed by atoms with Crippen LogP contribution in [0.3, 0.4) is 0 Å². The number of nitrogens with zero attached hydrogens (tertiary/aromatic N) is 1. The summed E-state index contributed by atoms with van der Waals surface area (Å²) in [6.07, 6.45) is 0. The zero-order valence-electron chi connectivity index (χ0n) is 22.0. The Morgan fingerprint density at radius 1 is 1.02 bits per heavy atom. The van der Waals surface area contributed by atoms with Gasteiger partial charge in [-0.1, -0.05) is 20.8 Å². The van der Waals surface area contributed by atoms with Gasteiger partial charge >= 0.3 is 5.97 Å². The number of aromatic carboxylic acids is 1. The van der Waals surface area contributed by atoms with E-state index in [-0.39, 0.29) is 40.4 Å². The largest absolute Gasteiger partial charge is 0.478 e. The molecule has 40 heavy (non-hydrogen) atoms. The van der Waals surface area contributed by atoms with Crippen molar-refractivity contribution in [3.8, 4) is 0 Å². The fourth-order valence-electron chi connectivity index (χ4n) is 4.85. The van der Waals surface area contributed by atoms with Crippen molar-refractivity contribution in [1.29, 1.82) is 0 Å². The van der Waals surface area contributed by atoms with E-state index in [0.717, 1.165) is 29.2 Å². The van der Waals surface area contributed by atoms with Crippen LogP contribution in [0.15, 0.2) is 56.5 Å². The van der Waals surface area contributed by atoms with Crippen LogP contribution in [0.5, 0.6) is 0 Å². The van der Waals surface area contributed by atoms with Crippen LogP contribution >= 0.6 is 0 Å². The first-order chi connectivity index (χ1) is 18.8. The van der Waals surface area contributed by atoms with Crippen molar-refractivity contribution in [2.75, 3.05) is 15.5 Å². The monoisotopic (exact) mass is 549 g/mol. The van der Waals surface area contributed by atoms with E-state index in [2.05, 4.69) is 10.6 Å². The smallest absolute Gasteiger partial charge is 0.337 e. The Hall–Kier alpha value is -4.80. The lowest BCUT2D eigenvalue weighted by atomic mass is 9.85. The summed E-state index contributed by atoms with van der Waals surface area (Å²) in [6.45, 7) is 7.27. The third-order valence-electron chi connectivity index (χ3n) is 6.88. The summed E-state index contributed by atoms with van der Waals surface area (Å²) in [4.78, 5) is 51.5. The number of fused-ring (bicyclic) bond motifs is 1. The zero-order chi connectivity index (χ0) is 29.1. The summed E-state index contributed by atoms with van der Waals surface area (Å²) in [7, 11) is 0. The number of aryl methyl sites for hydroxylation is 1. The van der Waals surface area contributed by atoms with Crippen LogP contribution < -0.4 is 26.4 Å². The molecule has 1 aliphatic rings. The zero-order valence-corrected chi connectivity index (χ0v) is 22.0. The minimum atomic E-state index is -1.46. The highest BCUT2D eigenvalue weighted by Gasteiger charge is 2.37. The third-order valence-corrected chi connectivity index (χ3v) is 6.88. The molecular formula is C29H25F2N3O6. The molecule has 0 unspecified atom stereocenters. The molecule has 0 aliphatic carbocycles. The number of carbonyl (C=O) groups excluding carboxylic acids is 1. The first-order valence-corrected chi connectivity index (χ1v) is 12.4. The first kappa shape index (κ1) is 26.8. The molecule has 1 amide bonds. The van der Waals surface area contributed by atoms with E-state index >= 15 is 0 Å². The van der Waals surface area contributed by atoms with Gasteiger partial charge < -0.3 is 25.1 Å². The molecule has 0 radical (unpaired) electrons. The molecule has 3 N–H and O–H groups in total. The Morgan fingerprint density at radius 3 is 2.35 bits per heavy atom. The number of halogens is 2. The molecule has 206 valence electrons. The lowest BCUT2D eigenvalue weighted by molar-refractivity contribution is 0.0697. The number of amides is 1. The minimum absolute atomic E-state index is 0.00828. The fourth-order valence-corrected chi connectivity index (χ4v) is 4.85. The highest BCUT2D eigenvalue weighted by molar-refractivity contribution is 6.15. The van der Waals surface area contributed by atoms with Crippen molar-refractivity contribution in [2.45, 2.75) is 40.3 Å². The van der Waals surface area contributed by atoms with Crippen LogP contribution in [0, 0.1) is 24.0 Å². The van der Waals surface area contributed by atoms with Gasteiger partial charge in [-0.25, -0.2) is 13.6 Å². The van der Waals surface area contributed by atoms with E-state index in [4.69, 9.17) is 4.42 Å². The molecule has 5 rings (SSSR count). The van der Waals surface area contributed by atoms with Crippen molar-refractivity contribution in [3.05, 3.63) is 103 Å². The van der Waals surface area contributed by atoms with Crippen molar-refractivity contribution in [1.82, 2.24) is 0 Å².